The van der Waals surface area contributed by atoms with E-state index in [0.717, 1.165) is 36.9 Å². The number of carbonyl (C=O) groups excluding carboxylic acids is 2. The Labute approximate surface area is 148 Å². The third-order valence-electron chi connectivity index (χ3n) is 3.56. The van der Waals surface area contributed by atoms with Gasteiger partial charge < -0.3 is 10.6 Å². The Morgan fingerprint density at radius 3 is 2.46 bits per heavy atom. The minimum Gasteiger partial charge on any atom is -0.361 e. The predicted octanol–water partition coefficient (Wildman–Crippen LogP) is 1.72. The maximum atomic E-state index is 12.0. The molecule has 24 heavy (non-hydrogen) atoms. The second-order valence-corrected chi connectivity index (χ2v) is 6.03. The van der Waals surface area contributed by atoms with Crippen LogP contribution in [-0.4, -0.2) is 30.0 Å². The number of rotatable bonds is 7. The summed E-state index contributed by atoms with van der Waals surface area (Å²) in [5, 5.41) is 5.93. The number of hydrogen-bond acceptors (Lipinski definition) is 3. The van der Waals surface area contributed by atoms with E-state index in [2.05, 4.69) is 28.4 Å². The Morgan fingerprint density at radius 2 is 1.79 bits per heavy atom. The first kappa shape index (κ1) is 19.9. The third-order valence-corrected chi connectivity index (χ3v) is 3.81. The van der Waals surface area contributed by atoms with Crippen molar-refractivity contribution in [1.82, 2.24) is 21.5 Å². The van der Waals surface area contributed by atoms with Crippen molar-refractivity contribution in [2.75, 3.05) is 13.1 Å². The fourth-order valence-corrected chi connectivity index (χ4v) is 2.09. The summed E-state index contributed by atoms with van der Waals surface area (Å²) in [5.74, 6) is -0.654. The molecule has 2 amide bonds. The molecular formula is C17H26N4O2S. The van der Waals surface area contributed by atoms with Crippen molar-refractivity contribution in [3.63, 3.8) is 0 Å². The van der Waals surface area contributed by atoms with Crippen LogP contribution in [0.1, 0.15) is 47.7 Å². The standard InChI is InChI=1S/C17H26N4O2S/c1-4-5-6-9-18-17(24)21-20-15(22)11-19-16(23)14-8-7-12(2)13(3)10-14/h7-8,10H,4-6,9,11H2,1-3H3,(H,19,23)(H,20,22)(H2,18,21,24). The molecule has 132 valence electrons. The Morgan fingerprint density at radius 1 is 1.04 bits per heavy atom. The number of unbranched alkanes of at least 4 members (excludes halogenated alkanes) is 2. The van der Waals surface area contributed by atoms with Crippen LogP contribution in [0.25, 0.3) is 0 Å². The van der Waals surface area contributed by atoms with Crippen molar-refractivity contribution in [2.45, 2.75) is 40.0 Å². The number of hydrazine groups is 1. The van der Waals surface area contributed by atoms with Gasteiger partial charge in [-0.05, 0) is 55.7 Å². The first-order chi connectivity index (χ1) is 11.4. The first-order valence-electron chi connectivity index (χ1n) is 8.12. The second kappa shape index (κ2) is 10.6. The number of nitrogens with one attached hydrogen (secondary N) is 4. The van der Waals surface area contributed by atoms with Gasteiger partial charge in [-0.15, -0.1) is 0 Å². The van der Waals surface area contributed by atoms with Crippen LogP contribution in [0.3, 0.4) is 0 Å². The molecule has 0 atom stereocenters. The van der Waals surface area contributed by atoms with Crippen molar-refractivity contribution in [1.29, 1.82) is 0 Å². The predicted molar refractivity (Wildman–Crippen MR) is 99.7 cm³/mol. The minimum atomic E-state index is -0.370. The fraction of sp³-hybridized carbons (Fsp3) is 0.471. The van der Waals surface area contributed by atoms with Gasteiger partial charge in [-0.2, -0.15) is 0 Å². The van der Waals surface area contributed by atoms with Gasteiger partial charge in [0, 0.05) is 12.1 Å². The average Bonchev–Trinajstić information content (AvgIpc) is 2.57. The lowest BCUT2D eigenvalue weighted by Gasteiger charge is -2.12. The fourth-order valence-electron chi connectivity index (χ4n) is 1.94. The highest BCUT2D eigenvalue weighted by Gasteiger charge is 2.09. The van der Waals surface area contributed by atoms with Crippen LogP contribution in [0.15, 0.2) is 18.2 Å². The molecule has 0 spiro atoms. The van der Waals surface area contributed by atoms with Gasteiger partial charge in [-0.3, -0.25) is 20.4 Å². The van der Waals surface area contributed by atoms with Crippen LogP contribution in [-0.2, 0) is 4.79 Å². The Bertz CT molecular complexity index is 590. The van der Waals surface area contributed by atoms with Crippen LogP contribution >= 0.6 is 12.2 Å². The molecule has 1 aromatic rings. The van der Waals surface area contributed by atoms with Crippen molar-refractivity contribution in [3.05, 3.63) is 34.9 Å². The molecule has 0 saturated carbocycles. The lowest BCUT2D eigenvalue weighted by Crippen LogP contribution is -2.49. The summed E-state index contributed by atoms with van der Waals surface area (Å²) in [4.78, 5) is 23.7. The summed E-state index contributed by atoms with van der Waals surface area (Å²) in [6.07, 6.45) is 3.30. The van der Waals surface area contributed by atoms with Gasteiger partial charge in [-0.25, -0.2) is 0 Å². The van der Waals surface area contributed by atoms with Crippen LogP contribution in [0.4, 0.5) is 0 Å². The zero-order chi connectivity index (χ0) is 17.9. The number of benzene rings is 1. The van der Waals surface area contributed by atoms with Gasteiger partial charge in [0.25, 0.3) is 11.8 Å². The zero-order valence-corrected chi connectivity index (χ0v) is 15.3. The third kappa shape index (κ3) is 7.41. The van der Waals surface area contributed by atoms with Crippen LogP contribution in [0, 0.1) is 13.8 Å². The maximum Gasteiger partial charge on any atom is 0.257 e. The highest BCUT2D eigenvalue weighted by atomic mass is 32.1. The van der Waals surface area contributed by atoms with Crippen LogP contribution in [0.5, 0.6) is 0 Å². The van der Waals surface area contributed by atoms with Gasteiger partial charge in [0.05, 0.1) is 6.54 Å². The molecule has 0 unspecified atom stereocenters. The Hall–Kier alpha value is -2.15. The first-order valence-corrected chi connectivity index (χ1v) is 8.53. The minimum absolute atomic E-state index is 0.128. The summed E-state index contributed by atoms with van der Waals surface area (Å²) in [6, 6.07) is 5.42. The molecule has 0 aliphatic carbocycles. The van der Waals surface area contributed by atoms with E-state index in [1.54, 1.807) is 12.1 Å². The Balaban J connectivity index is 2.26. The summed E-state index contributed by atoms with van der Waals surface area (Å²) in [7, 11) is 0. The molecule has 0 aliphatic rings. The number of amides is 2. The van der Waals surface area contributed by atoms with Crippen molar-refractivity contribution in [3.8, 4) is 0 Å². The van der Waals surface area contributed by atoms with Crippen molar-refractivity contribution < 1.29 is 9.59 Å². The summed E-state index contributed by atoms with van der Waals surface area (Å²) in [5.41, 5.74) is 7.74. The van der Waals surface area contributed by atoms with Gasteiger partial charge in [0.1, 0.15) is 0 Å². The molecule has 0 fully saturated rings. The summed E-state index contributed by atoms with van der Waals surface area (Å²) in [6.45, 7) is 6.69. The molecular weight excluding hydrogens is 324 g/mol. The lowest BCUT2D eigenvalue weighted by molar-refractivity contribution is -0.120. The van der Waals surface area contributed by atoms with Crippen LogP contribution < -0.4 is 21.5 Å². The zero-order valence-electron chi connectivity index (χ0n) is 14.5. The van der Waals surface area contributed by atoms with Gasteiger partial charge in [0.2, 0.25) is 0 Å². The quantitative estimate of drug-likeness (QED) is 0.342. The van der Waals surface area contributed by atoms with E-state index in [4.69, 9.17) is 12.2 Å². The second-order valence-electron chi connectivity index (χ2n) is 5.62. The molecule has 4 N–H and O–H groups in total. The number of thiocarbonyl (C=S) groups is 1. The monoisotopic (exact) mass is 350 g/mol. The lowest BCUT2D eigenvalue weighted by atomic mass is 10.1. The highest BCUT2D eigenvalue weighted by molar-refractivity contribution is 7.80. The average molecular weight is 350 g/mol. The molecule has 7 heteroatoms. The molecule has 1 rings (SSSR count). The highest BCUT2D eigenvalue weighted by Crippen LogP contribution is 2.09. The van der Waals surface area contributed by atoms with E-state index in [1.807, 2.05) is 19.9 Å². The van der Waals surface area contributed by atoms with Gasteiger partial charge >= 0.3 is 0 Å². The molecule has 0 radical (unpaired) electrons. The topological polar surface area (TPSA) is 82.3 Å². The van der Waals surface area contributed by atoms with E-state index >= 15 is 0 Å². The summed E-state index contributed by atoms with van der Waals surface area (Å²) < 4.78 is 0. The van der Waals surface area contributed by atoms with Crippen LogP contribution in [0.2, 0.25) is 0 Å². The van der Waals surface area contributed by atoms with Crippen molar-refractivity contribution >= 4 is 29.1 Å². The van der Waals surface area contributed by atoms with E-state index < -0.39 is 0 Å². The largest absolute Gasteiger partial charge is 0.361 e. The molecule has 0 aromatic heterocycles. The maximum absolute atomic E-state index is 12.0. The normalized spacial score (nSPS) is 9.96. The number of hydrogen-bond donors (Lipinski definition) is 4. The molecule has 0 saturated heterocycles. The van der Waals surface area contributed by atoms with E-state index in [9.17, 15) is 9.59 Å². The Kier molecular flexibility index (Phi) is 8.78. The molecule has 6 nitrogen and oxygen atoms in total. The van der Waals surface area contributed by atoms with E-state index in [1.165, 1.54) is 0 Å². The molecule has 0 heterocycles. The van der Waals surface area contributed by atoms with Gasteiger partial charge in [0.15, 0.2) is 5.11 Å². The van der Waals surface area contributed by atoms with Gasteiger partial charge in [-0.1, -0.05) is 25.8 Å². The molecule has 0 aliphatic heterocycles. The molecule has 0 bridgehead atoms. The SMILES string of the molecule is CCCCCNC(=S)NNC(=O)CNC(=O)c1ccc(C)c(C)c1. The smallest absolute Gasteiger partial charge is 0.257 e. The van der Waals surface area contributed by atoms with E-state index in [-0.39, 0.29) is 18.4 Å². The number of carbonyl (C=O) groups is 2. The number of aryl methyl sites for hydroxylation is 2. The van der Waals surface area contributed by atoms with E-state index in [0.29, 0.717) is 10.7 Å². The molecule has 1 aromatic carbocycles. The summed E-state index contributed by atoms with van der Waals surface area (Å²) >= 11 is 5.04. The van der Waals surface area contributed by atoms with Crippen molar-refractivity contribution in [2.24, 2.45) is 0 Å².